The number of rotatable bonds is 4. The lowest BCUT2D eigenvalue weighted by Gasteiger charge is -2.28. The van der Waals surface area contributed by atoms with Gasteiger partial charge < -0.3 is 19.1 Å². The van der Waals surface area contributed by atoms with Crippen LogP contribution in [-0.2, 0) is 17.9 Å². The van der Waals surface area contributed by atoms with E-state index in [4.69, 9.17) is 4.98 Å². The van der Waals surface area contributed by atoms with Crippen molar-refractivity contribution in [3.05, 3.63) is 54.6 Å². The zero-order chi connectivity index (χ0) is 21.3. The standard InChI is InChI=1S/C25H24N4O2/c1-15(30)19-11-20-24-22(13-19)27(16(2)31)9-10-28(24)25(26-20)23-12-18-5-3-4-6-21(18)29(23)14-17-7-8-17/h3-6,11-13,17,30H,1,7-10,14H2,2H3. The van der Waals surface area contributed by atoms with E-state index in [-0.39, 0.29) is 11.7 Å². The smallest absolute Gasteiger partial charge is 0.223 e. The van der Waals surface area contributed by atoms with Gasteiger partial charge in [0.2, 0.25) is 5.91 Å². The van der Waals surface area contributed by atoms with Crippen LogP contribution in [0.2, 0.25) is 0 Å². The Hall–Kier alpha value is -3.54. The molecule has 6 heteroatoms. The van der Waals surface area contributed by atoms with Crippen LogP contribution in [0.1, 0.15) is 25.3 Å². The molecular weight excluding hydrogens is 388 g/mol. The van der Waals surface area contributed by atoms with Crippen LogP contribution in [0.3, 0.4) is 0 Å². The summed E-state index contributed by atoms with van der Waals surface area (Å²) in [6.45, 7) is 7.51. The van der Waals surface area contributed by atoms with Gasteiger partial charge in [-0.1, -0.05) is 24.8 Å². The number of hydrogen-bond donors (Lipinski definition) is 1. The first-order chi connectivity index (χ1) is 15.0. The summed E-state index contributed by atoms with van der Waals surface area (Å²) in [5, 5.41) is 11.3. The summed E-state index contributed by atoms with van der Waals surface area (Å²) in [5.41, 5.74) is 5.41. The van der Waals surface area contributed by atoms with E-state index >= 15 is 0 Å². The summed E-state index contributed by atoms with van der Waals surface area (Å²) >= 11 is 0. The number of carbonyl (C=O) groups is 1. The average Bonchev–Trinajstić information content (AvgIpc) is 3.40. The van der Waals surface area contributed by atoms with E-state index in [0.717, 1.165) is 40.7 Å². The van der Waals surface area contributed by atoms with Gasteiger partial charge in [0.25, 0.3) is 0 Å². The molecule has 0 radical (unpaired) electrons. The Bertz CT molecular complexity index is 1390. The number of nitrogens with zero attached hydrogens (tertiary/aromatic N) is 4. The lowest BCUT2D eigenvalue weighted by Crippen LogP contribution is -2.35. The third-order valence-corrected chi connectivity index (χ3v) is 6.55. The minimum Gasteiger partial charge on any atom is -0.508 e. The number of imidazole rings is 1. The second kappa shape index (κ2) is 6.48. The van der Waals surface area contributed by atoms with E-state index in [2.05, 4.69) is 46.0 Å². The predicted molar refractivity (Wildman–Crippen MR) is 123 cm³/mol. The van der Waals surface area contributed by atoms with Crippen molar-refractivity contribution in [2.24, 2.45) is 5.92 Å². The first-order valence-electron chi connectivity index (χ1n) is 10.8. The van der Waals surface area contributed by atoms with Crippen LogP contribution in [0.4, 0.5) is 5.69 Å². The molecule has 2 aromatic carbocycles. The Labute approximate surface area is 180 Å². The van der Waals surface area contributed by atoms with Crippen molar-refractivity contribution in [2.45, 2.75) is 32.9 Å². The topological polar surface area (TPSA) is 63.3 Å². The molecule has 1 saturated carbocycles. The fraction of sp³-hybridized carbons (Fsp3) is 0.280. The predicted octanol–water partition coefficient (Wildman–Crippen LogP) is 4.96. The van der Waals surface area contributed by atoms with E-state index in [0.29, 0.717) is 18.7 Å². The second-order valence-corrected chi connectivity index (χ2v) is 8.71. The molecule has 3 heterocycles. The van der Waals surface area contributed by atoms with Crippen LogP contribution in [0, 0.1) is 5.92 Å². The number of carbonyl (C=O) groups excluding carboxylic acids is 1. The fourth-order valence-electron chi connectivity index (χ4n) is 4.83. The number of anilines is 1. The number of aromatic nitrogens is 3. The number of benzene rings is 2. The summed E-state index contributed by atoms with van der Waals surface area (Å²) in [4.78, 5) is 19.1. The van der Waals surface area contributed by atoms with Gasteiger partial charge in [0, 0.05) is 43.0 Å². The number of fused-ring (bicyclic) bond motifs is 1. The second-order valence-electron chi connectivity index (χ2n) is 8.71. The van der Waals surface area contributed by atoms with Gasteiger partial charge in [-0.05, 0) is 43.0 Å². The van der Waals surface area contributed by atoms with Gasteiger partial charge in [0.15, 0.2) is 5.82 Å². The number of aliphatic hydroxyl groups is 1. The Kier molecular flexibility index (Phi) is 3.81. The van der Waals surface area contributed by atoms with Gasteiger partial charge in [0.1, 0.15) is 5.76 Å². The molecule has 0 unspecified atom stereocenters. The number of hydrogen-bond acceptors (Lipinski definition) is 3. The summed E-state index contributed by atoms with van der Waals surface area (Å²) < 4.78 is 4.63. The largest absolute Gasteiger partial charge is 0.508 e. The van der Waals surface area contributed by atoms with Gasteiger partial charge >= 0.3 is 0 Å². The molecule has 1 aliphatic carbocycles. The fourth-order valence-corrected chi connectivity index (χ4v) is 4.83. The molecular formula is C25H24N4O2. The maximum atomic E-state index is 12.3. The highest BCUT2D eigenvalue weighted by Crippen LogP contribution is 2.40. The zero-order valence-corrected chi connectivity index (χ0v) is 17.5. The minimum absolute atomic E-state index is 0.0150. The van der Waals surface area contributed by atoms with E-state index in [1.165, 1.54) is 23.7 Å². The molecule has 2 aliphatic rings. The Balaban J connectivity index is 1.64. The molecule has 0 saturated heterocycles. The highest BCUT2D eigenvalue weighted by Gasteiger charge is 2.29. The van der Waals surface area contributed by atoms with E-state index in [1.807, 2.05) is 12.1 Å². The maximum Gasteiger partial charge on any atom is 0.223 e. The lowest BCUT2D eigenvalue weighted by molar-refractivity contribution is -0.116. The Morgan fingerprint density at radius 2 is 2.00 bits per heavy atom. The molecule has 0 spiro atoms. The highest BCUT2D eigenvalue weighted by molar-refractivity contribution is 6.04. The van der Waals surface area contributed by atoms with Gasteiger partial charge in [-0.15, -0.1) is 0 Å². The van der Waals surface area contributed by atoms with Gasteiger partial charge in [-0.2, -0.15) is 0 Å². The molecule has 0 bridgehead atoms. The van der Waals surface area contributed by atoms with Crippen molar-refractivity contribution in [3.8, 4) is 11.5 Å². The van der Waals surface area contributed by atoms with Crippen LogP contribution in [0.15, 0.2) is 49.0 Å². The summed E-state index contributed by atoms with van der Waals surface area (Å²) in [6, 6.07) is 14.4. The lowest BCUT2D eigenvalue weighted by atomic mass is 10.1. The van der Waals surface area contributed by atoms with E-state index < -0.39 is 0 Å². The third kappa shape index (κ3) is 2.78. The van der Waals surface area contributed by atoms with Gasteiger partial charge in [-0.25, -0.2) is 4.98 Å². The summed E-state index contributed by atoms with van der Waals surface area (Å²) in [5.74, 6) is 1.61. The first kappa shape index (κ1) is 18.2. The van der Waals surface area contributed by atoms with Crippen LogP contribution < -0.4 is 4.90 Å². The Morgan fingerprint density at radius 1 is 1.19 bits per heavy atom. The third-order valence-electron chi connectivity index (χ3n) is 6.55. The van der Waals surface area contributed by atoms with Crippen LogP contribution in [0.25, 0.3) is 39.2 Å². The van der Waals surface area contributed by atoms with Gasteiger partial charge in [-0.3, -0.25) is 4.79 Å². The molecule has 6 nitrogen and oxygen atoms in total. The highest BCUT2D eigenvalue weighted by atomic mass is 16.3. The molecule has 1 fully saturated rings. The molecule has 1 aliphatic heterocycles. The van der Waals surface area contributed by atoms with Crippen molar-refractivity contribution in [3.63, 3.8) is 0 Å². The molecule has 2 aromatic heterocycles. The number of para-hydroxylation sites is 1. The van der Waals surface area contributed by atoms with Crippen molar-refractivity contribution in [1.82, 2.24) is 14.1 Å². The molecule has 1 N–H and O–H groups in total. The minimum atomic E-state index is -0.0221. The summed E-state index contributed by atoms with van der Waals surface area (Å²) in [7, 11) is 0. The van der Waals surface area contributed by atoms with Crippen molar-refractivity contribution in [1.29, 1.82) is 0 Å². The van der Waals surface area contributed by atoms with E-state index in [9.17, 15) is 9.90 Å². The monoisotopic (exact) mass is 412 g/mol. The molecule has 0 atom stereocenters. The molecule has 31 heavy (non-hydrogen) atoms. The first-order valence-corrected chi connectivity index (χ1v) is 10.8. The average molecular weight is 412 g/mol. The zero-order valence-electron chi connectivity index (χ0n) is 17.5. The molecule has 156 valence electrons. The van der Waals surface area contributed by atoms with Crippen LogP contribution in [-0.4, -0.2) is 31.7 Å². The van der Waals surface area contributed by atoms with Crippen LogP contribution >= 0.6 is 0 Å². The van der Waals surface area contributed by atoms with Crippen LogP contribution in [0.5, 0.6) is 0 Å². The maximum absolute atomic E-state index is 12.3. The van der Waals surface area contributed by atoms with Crippen molar-refractivity contribution in [2.75, 3.05) is 11.4 Å². The van der Waals surface area contributed by atoms with Crippen molar-refractivity contribution < 1.29 is 9.90 Å². The number of amides is 1. The Morgan fingerprint density at radius 3 is 2.74 bits per heavy atom. The SMILES string of the molecule is C=C(O)c1cc2c3c(c1)nc(-c1cc4ccccc4n1CC1CC1)n3CCN2C(C)=O. The van der Waals surface area contributed by atoms with Crippen molar-refractivity contribution >= 4 is 39.3 Å². The quantitative estimate of drug-likeness (QED) is 0.482. The molecule has 1 amide bonds. The molecule has 4 aromatic rings. The van der Waals surface area contributed by atoms with Gasteiger partial charge in [0.05, 0.1) is 22.4 Å². The van der Waals surface area contributed by atoms with E-state index in [1.54, 1.807) is 11.8 Å². The molecule has 6 rings (SSSR count). The number of aliphatic hydroxyl groups excluding tert-OH is 1. The summed E-state index contributed by atoms with van der Waals surface area (Å²) in [6.07, 6.45) is 2.56. The normalized spacial score (nSPS) is 15.7.